The van der Waals surface area contributed by atoms with Crippen molar-refractivity contribution in [3.8, 4) is 5.75 Å². The number of benzene rings is 2. The van der Waals surface area contributed by atoms with Crippen molar-refractivity contribution in [1.29, 1.82) is 0 Å². The third kappa shape index (κ3) is 4.54. The van der Waals surface area contributed by atoms with E-state index in [1.807, 2.05) is 26.0 Å². The van der Waals surface area contributed by atoms with Gasteiger partial charge in [-0.2, -0.15) is 0 Å². The van der Waals surface area contributed by atoms with Gasteiger partial charge in [0.05, 0.1) is 17.0 Å². The van der Waals surface area contributed by atoms with Crippen LogP contribution in [0.2, 0.25) is 0 Å². The number of hydrogen-bond donors (Lipinski definition) is 1. The summed E-state index contributed by atoms with van der Waals surface area (Å²) in [5.41, 5.74) is 0.547. The molecule has 5 nitrogen and oxygen atoms in total. The predicted octanol–water partition coefficient (Wildman–Crippen LogP) is 4.04. The molecule has 0 saturated heterocycles. The first-order valence-electron chi connectivity index (χ1n) is 9.20. The molecule has 0 unspecified atom stereocenters. The molecule has 0 amide bonds. The van der Waals surface area contributed by atoms with Gasteiger partial charge in [0, 0.05) is 11.8 Å². The van der Waals surface area contributed by atoms with Crippen LogP contribution in [0.5, 0.6) is 5.75 Å². The van der Waals surface area contributed by atoms with Gasteiger partial charge >= 0.3 is 0 Å². The highest BCUT2D eigenvalue weighted by molar-refractivity contribution is 7.99. The van der Waals surface area contributed by atoms with E-state index >= 15 is 0 Å². The summed E-state index contributed by atoms with van der Waals surface area (Å²) in [6, 6.07) is 13.3. The van der Waals surface area contributed by atoms with Crippen LogP contribution in [-0.2, 0) is 0 Å². The first-order chi connectivity index (χ1) is 13.5. The molecule has 28 heavy (non-hydrogen) atoms. The van der Waals surface area contributed by atoms with Crippen molar-refractivity contribution in [2.75, 3.05) is 12.4 Å². The molecule has 0 aliphatic heterocycles. The Labute approximate surface area is 167 Å². The molecule has 0 bridgehead atoms. The number of para-hydroxylation sites is 2. The number of ether oxygens (including phenoxy) is 1. The number of halogens is 1. The van der Waals surface area contributed by atoms with Gasteiger partial charge in [-0.05, 0) is 37.6 Å². The molecule has 0 saturated carbocycles. The van der Waals surface area contributed by atoms with Crippen LogP contribution in [0.1, 0.15) is 26.3 Å². The highest BCUT2D eigenvalue weighted by atomic mass is 32.2. The van der Waals surface area contributed by atoms with Crippen molar-refractivity contribution in [3.63, 3.8) is 0 Å². The molecule has 1 N–H and O–H groups in total. The average Bonchev–Trinajstić information content (AvgIpc) is 2.71. The summed E-state index contributed by atoms with van der Waals surface area (Å²) in [5.74, 6) is -0.0913. The van der Waals surface area contributed by atoms with Gasteiger partial charge in [-0.15, -0.1) is 0 Å². The number of hydrogen-bond acceptors (Lipinski definition) is 5. The van der Waals surface area contributed by atoms with E-state index in [2.05, 4.69) is 4.98 Å². The Morgan fingerprint density at radius 1 is 1.21 bits per heavy atom. The van der Waals surface area contributed by atoms with Crippen molar-refractivity contribution in [1.82, 2.24) is 9.55 Å². The topological polar surface area (TPSA) is 64.3 Å². The van der Waals surface area contributed by atoms with Gasteiger partial charge in [-0.25, -0.2) is 9.37 Å². The molecule has 3 rings (SSSR count). The smallest absolute Gasteiger partial charge is 0.262 e. The van der Waals surface area contributed by atoms with Crippen molar-refractivity contribution < 1.29 is 14.2 Å². The maximum Gasteiger partial charge on any atom is 0.262 e. The lowest BCUT2D eigenvalue weighted by Gasteiger charge is -2.19. The number of aliphatic hydroxyl groups is 1. The number of thioether (sulfide) groups is 1. The van der Waals surface area contributed by atoms with E-state index in [4.69, 9.17) is 4.74 Å². The normalized spacial score (nSPS) is 13.4. The van der Waals surface area contributed by atoms with Crippen LogP contribution < -0.4 is 10.3 Å². The van der Waals surface area contributed by atoms with Gasteiger partial charge in [0.25, 0.3) is 5.56 Å². The SMILES string of the molecule is CC[C@@H](C)n1c(SC[C@H](O)COc2ccccc2F)nc2ccccc2c1=O. The number of aliphatic hydroxyl groups excluding tert-OH is 1. The fourth-order valence-corrected chi connectivity index (χ4v) is 3.77. The van der Waals surface area contributed by atoms with Gasteiger partial charge < -0.3 is 9.84 Å². The Morgan fingerprint density at radius 2 is 1.93 bits per heavy atom. The molecule has 0 fully saturated rings. The highest BCUT2D eigenvalue weighted by Crippen LogP contribution is 2.23. The highest BCUT2D eigenvalue weighted by Gasteiger charge is 2.17. The van der Waals surface area contributed by atoms with E-state index in [0.29, 0.717) is 16.1 Å². The maximum atomic E-state index is 13.6. The Hall–Kier alpha value is -2.38. The summed E-state index contributed by atoms with van der Waals surface area (Å²) in [4.78, 5) is 17.5. The Kier molecular flexibility index (Phi) is 6.70. The molecule has 7 heteroatoms. The van der Waals surface area contributed by atoms with Crippen LogP contribution in [0, 0.1) is 5.82 Å². The summed E-state index contributed by atoms with van der Waals surface area (Å²) in [5, 5.41) is 11.4. The summed E-state index contributed by atoms with van der Waals surface area (Å²) in [7, 11) is 0. The minimum absolute atomic E-state index is 0.0149. The zero-order chi connectivity index (χ0) is 20.1. The first-order valence-corrected chi connectivity index (χ1v) is 10.2. The Morgan fingerprint density at radius 3 is 2.68 bits per heavy atom. The van der Waals surface area contributed by atoms with Crippen LogP contribution in [0.4, 0.5) is 4.39 Å². The van der Waals surface area contributed by atoms with E-state index in [1.165, 1.54) is 23.9 Å². The van der Waals surface area contributed by atoms with E-state index in [9.17, 15) is 14.3 Å². The van der Waals surface area contributed by atoms with Crippen LogP contribution in [0.15, 0.2) is 58.5 Å². The zero-order valence-electron chi connectivity index (χ0n) is 15.8. The first kappa shape index (κ1) is 20.4. The van der Waals surface area contributed by atoms with Gasteiger partial charge in [-0.1, -0.05) is 43.0 Å². The molecule has 2 aromatic carbocycles. The lowest BCUT2D eigenvalue weighted by molar-refractivity contribution is 0.123. The van der Waals surface area contributed by atoms with Crippen LogP contribution in [0.3, 0.4) is 0 Å². The molecule has 0 aliphatic carbocycles. The molecule has 2 atom stereocenters. The lowest BCUT2D eigenvalue weighted by Crippen LogP contribution is -2.27. The standard InChI is InChI=1S/C21H23FN2O3S/c1-3-14(2)24-20(26)16-8-4-6-10-18(16)23-21(24)28-13-15(25)12-27-19-11-7-5-9-17(19)22/h4-11,14-15,25H,3,12-13H2,1-2H3/t14-,15-/m1/s1. The second-order valence-corrected chi connectivity index (χ2v) is 7.54. The van der Waals surface area contributed by atoms with E-state index in [0.717, 1.165) is 6.42 Å². The van der Waals surface area contributed by atoms with Crippen LogP contribution in [0.25, 0.3) is 10.9 Å². The fourth-order valence-electron chi connectivity index (χ4n) is 2.77. The summed E-state index contributed by atoms with van der Waals surface area (Å²) in [6.07, 6.45) is -0.0507. The fraction of sp³-hybridized carbons (Fsp3) is 0.333. The Bertz CT molecular complexity index is 1010. The van der Waals surface area contributed by atoms with E-state index in [1.54, 1.807) is 28.8 Å². The van der Waals surface area contributed by atoms with Gasteiger partial charge in [0.15, 0.2) is 16.7 Å². The second-order valence-electron chi connectivity index (χ2n) is 6.55. The number of fused-ring (bicyclic) bond motifs is 1. The molecule has 148 valence electrons. The third-order valence-electron chi connectivity index (χ3n) is 4.48. The largest absolute Gasteiger partial charge is 0.488 e. The molecule has 1 aromatic heterocycles. The van der Waals surface area contributed by atoms with E-state index in [-0.39, 0.29) is 29.7 Å². The zero-order valence-corrected chi connectivity index (χ0v) is 16.7. The van der Waals surface area contributed by atoms with Crippen molar-refractivity contribution in [2.45, 2.75) is 37.6 Å². The minimum Gasteiger partial charge on any atom is -0.488 e. The number of aromatic nitrogens is 2. The van der Waals surface area contributed by atoms with E-state index < -0.39 is 11.9 Å². The third-order valence-corrected chi connectivity index (χ3v) is 5.58. The maximum absolute atomic E-state index is 13.6. The monoisotopic (exact) mass is 402 g/mol. The average molecular weight is 402 g/mol. The molecule has 3 aromatic rings. The van der Waals surface area contributed by atoms with Crippen LogP contribution in [-0.4, -0.2) is 33.1 Å². The molecule has 0 spiro atoms. The van der Waals surface area contributed by atoms with Crippen molar-refractivity contribution in [3.05, 3.63) is 64.7 Å². The Balaban J connectivity index is 1.76. The molecule has 1 heterocycles. The van der Waals surface area contributed by atoms with Crippen LogP contribution >= 0.6 is 11.8 Å². The van der Waals surface area contributed by atoms with Crippen molar-refractivity contribution >= 4 is 22.7 Å². The predicted molar refractivity (Wildman–Crippen MR) is 110 cm³/mol. The molecular weight excluding hydrogens is 379 g/mol. The second kappa shape index (κ2) is 9.21. The molecular formula is C21H23FN2O3S. The lowest BCUT2D eigenvalue weighted by atomic mass is 10.2. The minimum atomic E-state index is -0.835. The van der Waals surface area contributed by atoms with Crippen molar-refractivity contribution in [2.24, 2.45) is 0 Å². The summed E-state index contributed by atoms with van der Waals surface area (Å²) >= 11 is 1.30. The van der Waals surface area contributed by atoms with Gasteiger partial charge in [0.2, 0.25) is 0 Å². The molecule has 0 radical (unpaired) electrons. The molecule has 0 aliphatic rings. The number of rotatable bonds is 8. The number of nitrogens with zero attached hydrogens (tertiary/aromatic N) is 2. The quantitative estimate of drug-likeness (QED) is 0.455. The summed E-state index contributed by atoms with van der Waals surface area (Å²) < 4.78 is 20.6. The summed E-state index contributed by atoms with van der Waals surface area (Å²) in [6.45, 7) is 3.94. The van der Waals surface area contributed by atoms with Gasteiger partial charge in [-0.3, -0.25) is 9.36 Å². The van der Waals surface area contributed by atoms with Gasteiger partial charge in [0.1, 0.15) is 6.61 Å².